The lowest BCUT2D eigenvalue weighted by Crippen LogP contribution is -2.47. The lowest BCUT2D eigenvalue weighted by molar-refractivity contribution is -0.126. The Bertz CT molecular complexity index is 536. The second-order valence-corrected chi connectivity index (χ2v) is 5.52. The summed E-state index contributed by atoms with van der Waals surface area (Å²) in [6, 6.07) is 6.03. The molecule has 0 bridgehead atoms. The molecule has 0 unspecified atom stereocenters. The fourth-order valence-electron chi connectivity index (χ4n) is 2.86. The molecule has 2 atom stereocenters. The van der Waals surface area contributed by atoms with Crippen molar-refractivity contribution >= 4 is 17.5 Å². The fraction of sp³-hybridized carbons (Fsp3) is 0.500. The molecular weight excluding hydrogens is 285 g/mol. The maximum atomic E-state index is 13.5. The summed E-state index contributed by atoms with van der Waals surface area (Å²) in [4.78, 5) is 23.8. The molecule has 0 saturated heterocycles. The van der Waals surface area contributed by atoms with Crippen LogP contribution in [0.15, 0.2) is 24.3 Å². The molecule has 1 aliphatic carbocycles. The van der Waals surface area contributed by atoms with Crippen LogP contribution in [-0.2, 0) is 9.59 Å². The fourth-order valence-corrected chi connectivity index (χ4v) is 2.86. The Kier molecular flexibility index (Phi) is 5.89. The van der Waals surface area contributed by atoms with E-state index in [2.05, 4.69) is 16.0 Å². The van der Waals surface area contributed by atoms with E-state index in [0.717, 1.165) is 25.7 Å². The highest BCUT2D eigenvalue weighted by Crippen LogP contribution is 2.24. The summed E-state index contributed by atoms with van der Waals surface area (Å²) in [7, 11) is 1.62. The van der Waals surface area contributed by atoms with Gasteiger partial charge in [0.15, 0.2) is 0 Å². The molecule has 3 N–H and O–H groups in total. The topological polar surface area (TPSA) is 70.2 Å². The Morgan fingerprint density at radius 2 is 1.95 bits per heavy atom. The monoisotopic (exact) mass is 307 g/mol. The molecule has 1 aliphatic rings. The molecule has 0 radical (unpaired) electrons. The zero-order valence-electron chi connectivity index (χ0n) is 12.7. The number of rotatable bonds is 5. The van der Waals surface area contributed by atoms with E-state index in [1.807, 2.05) is 0 Å². The average molecular weight is 307 g/mol. The van der Waals surface area contributed by atoms with Crippen molar-refractivity contribution in [3.8, 4) is 0 Å². The van der Waals surface area contributed by atoms with Crippen LogP contribution < -0.4 is 16.0 Å². The molecule has 2 rings (SSSR count). The molecule has 120 valence electrons. The van der Waals surface area contributed by atoms with Gasteiger partial charge in [-0.3, -0.25) is 9.59 Å². The first kappa shape index (κ1) is 16.4. The van der Waals surface area contributed by atoms with Gasteiger partial charge in [0.1, 0.15) is 5.82 Å². The minimum absolute atomic E-state index is 0.00621. The van der Waals surface area contributed by atoms with E-state index in [-0.39, 0.29) is 36.0 Å². The van der Waals surface area contributed by atoms with Gasteiger partial charge in [-0.2, -0.15) is 0 Å². The number of para-hydroxylation sites is 1. The standard InChI is InChI=1S/C16H22FN3O2/c1-18-16(22)11-6-2-4-8-13(11)19-10-15(21)20-14-9-5-3-7-12(14)17/h3,5,7,9,11,13,19H,2,4,6,8,10H2,1H3,(H,18,22)(H,20,21)/t11-,13+/m1/s1. The Morgan fingerprint density at radius 1 is 1.23 bits per heavy atom. The first-order valence-electron chi connectivity index (χ1n) is 7.61. The number of hydrogen-bond donors (Lipinski definition) is 3. The van der Waals surface area contributed by atoms with Gasteiger partial charge in [0.25, 0.3) is 0 Å². The molecule has 0 aliphatic heterocycles. The van der Waals surface area contributed by atoms with E-state index in [9.17, 15) is 14.0 Å². The average Bonchev–Trinajstić information content (AvgIpc) is 2.54. The number of anilines is 1. The summed E-state index contributed by atoms with van der Waals surface area (Å²) in [6.45, 7) is 0.0620. The number of amides is 2. The van der Waals surface area contributed by atoms with Gasteiger partial charge in [-0.15, -0.1) is 0 Å². The van der Waals surface area contributed by atoms with Crippen LogP contribution in [0.1, 0.15) is 25.7 Å². The highest BCUT2D eigenvalue weighted by molar-refractivity contribution is 5.92. The minimum Gasteiger partial charge on any atom is -0.359 e. The summed E-state index contributed by atoms with van der Waals surface area (Å²) >= 11 is 0. The van der Waals surface area contributed by atoms with Crippen LogP contribution in [-0.4, -0.2) is 31.4 Å². The largest absolute Gasteiger partial charge is 0.359 e. The number of carbonyl (C=O) groups excluding carboxylic acids is 2. The first-order valence-corrected chi connectivity index (χ1v) is 7.61. The van der Waals surface area contributed by atoms with Crippen LogP contribution in [0, 0.1) is 11.7 Å². The van der Waals surface area contributed by atoms with Gasteiger partial charge in [-0.1, -0.05) is 25.0 Å². The summed E-state index contributed by atoms with van der Waals surface area (Å²) < 4.78 is 13.5. The smallest absolute Gasteiger partial charge is 0.238 e. The first-order chi connectivity index (χ1) is 10.6. The predicted molar refractivity (Wildman–Crippen MR) is 82.8 cm³/mol. The molecule has 1 fully saturated rings. The van der Waals surface area contributed by atoms with E-state index in [1.54, 1.807) is 19.2 Å². The molecule has 1 aromatic rings. The summed E-state index contributed by atoms with van der Waals surface area (Å²) in [5.74, 6) is -0.880. The minimum atomic E-state index is -0.461. The van der Waals surface area contributed by atoms with Crippen molar-refractivity contribution in [2.45, 2.75) is 31.7 Å². The van der Waals surface area contributed by atoms with Crippen LogP contribution in [0.4, 0.5) is 10.1 Å². The summed E-state index contributed by atoms with van der Waals surface area (Å²) in [5.41, 5.74) is 0.167. The zero-order valence-corrected chi connectivity index (χ0v) is 12.7. The number of nitrogens with one attached hydrogen (secondary N) is 3. The third kappa shape index (κ3) is 4.27. The third-order valence-electron chi connectivity index (χ3n) is 4.02. The predicted octanol–water partition coefficient (Wildman–Crippen LogP) is 1.66. The normalized spacial score (nSPS) is 21.2. The van der Waals surface area contributed by atoms with Crippen LogP contribution in [0.3, 0.4) is 0 Å². The summed E-state index contributed by atoms with van der Waals surface area (Å²) in [6.07, 6.45) is 3.76. The van der Waals surface area contributed by atoms with Crippen LogP contribution in [0.5, 0.6) is 0 Å². The van der Waals surface area contributed by atoms with Crippen molar-refractivity contribution in [3.05, 3.63) is 30.1 Å². The Hall–Kier alpha value is -1.95. The maximum Gasteiger partial charge on any atom is 0.238 e. The number of benzene rings is 1. The molecule has 6 heteroatoms. The number of carbonyl (C=O) groups is 2. The van der Waals surface area contributed by atoms with Gasteiger partial charge in [0.05, 0.1) is 18.2 Å². The molecule has 22 heavy (non-hydrogen) atoms. The quantitative estimate of drug-likeness (QED) is 0.775. The van der Waals surface area contributed by atoms with Crippen molar-refractivity contribution in [2.24, 2.45) is 5.92 Å². The second-order valence-electron chi connectivity index (χ2n) is 5.52. The highest BCUT2D eigenvalue weighted by Gasteiger charge is 2.30. The summed E-state index contributed by atoms with van der Waals surface area (Å²) in [5, 5.41) is 8.33. The second kappa shape index (κ2) is 7.89. The molecule has 0 spiro atoms. The third-order valence-corrected chi connectivity index (χ3v) is 4.02. The van der Waals surface area contributed by atoms with Crippen molar-refractivity contribution in [1.29, 1.82) is 0 Å². The maximum absolute atomic E-state index is 13.5. The van der Waals surface area contributed by atoms with Gasteiger partial charge in [0.2, 0.25) is 11.8 Å². The Morgan fingerprint density at radius 3 is 2.68 bits per heavy atom. The lowest BCUT2D eigenvalue weighted by atomic mass is 9.84. The van der Waals surface area contributed by atoms with E-state index >= 15 is 0 Å². The Labute approximate surface area is 129 Å². The molecule has 0 aromatic heterocycles. The van der Waals surface area contributed by atoms with Crippen molar-refractivity contribution < 1.29 is 14.0 Å². The zero-order chi connectivity index (χ0) is 15.9. The number of hydrogen-bond acceptors (Lipinski definition) is 3. The Balaban J connectivity index is 1.87. The SMILES string of the molecule is CNC(=O)[C@@H]1CCCC[C@@H]1NCC(=O)Nc1ccccc1F. The molecule has 2 amide bonds. The van der Waals surface area contributed by atoms with Crippen molar-refractivity contribution in [2.75, 3.05) is 18.9 Å². The van der Waals surface area contributed by atoms with Gasteiger partial charge < -0.3 is 16.0 Å². The number of halogens is 1. The van der Waals surface area contributed by atoms with Gasteiger partial charge in [0, 0.05) is 13.1 Å². The molecule has 5 nitrogen and oxygen atoms in total. The van der Waals surface area contributed by atoms with E-state index in [4.69, 9.17) is 0 Å². The van der Waals surface area contributed by atoms with E-state index < -0.39 is 5.82 Å². The molecule has 1 aromatic carbocycles. The van der Waals surface area contributed by atoms with Crippen molar-refractivity contribution in [1.82, 2.24) is 10.6 Å². The van der Waals surface area contributed by atoms with Crippen LogP contribution in [0.25, 0.3) is 0 Å². The molecule has 1 saturated carbocycles. The van der Waals surface area contributed by atoms with Gasteiger partial charge in [-0.25, -0.2) is 4.39 Å². The van der Waals surface area contributed by atoms with E-state index in [1.165, 1.54) is 12.1 Å². The molecule has 0 heterocycles. The van der Waals surface area contributed by atoms with Crippen molar-refractivity contribution in [3.63, 3.8) is 0 Å². The lowest BCUT2D eigenvalue weighted by Gasteiger charge is -2.30. The van der Waals surface area contributed by atoms with Gasteiger partial charge in [-0.05, 0) is 25.0 Å². The van der Waals surface area contributed by atoms with E-state index in [0.29, 0.717) is 0 Å². The van der Waals surface area contributed by atoms with Crippen LogP contribution in [0.2, 0.25) is 0 Å². The van der Waals surface area contributed by atoms with Gasteiger partial charge >= 0.3 is 0 Å². The van der Waals surface area contributed by atoms with Crippen LogP contribution >= 0.6 is 0 Å². The highest BCUT2D eigenvalue weighted by atomic mass is 19.1. The molecular formula is C16H22FN3O2.